The molecule has 20 heavy (non-hydrogen) atoms. The summed E-state index contributed by atoms with van der Waals surface area (Å²) >= 11 is 0. The van der Waals surface area contributed by atoms with E-state index in [1.54, 1.807) is 11.1 Å². The first kappa shape index (κ1) is 16.0. The molecular formula is C18H34N2. The normalized spacial score (nSPS) is 25.5. The maximum Gasteiger partial charge on any atom is 0.0117 e. The summed E-state index contributed by atoms with van der Waals surface area (Å²) in [5, 5.41) is 0. The molecule has 1 fully saturated rings. The summed E-state index contributed by atoms with van der Waals surface area (Å²) in [7, 11) is 4.58. The molecule has 2 nitrogen and oxygen atoms in total. The van der Waals surface area contributed by atoms with Crippen LogP contribution in [0, 0.1) is 5.41 Å². The van der Waals surface area contributed by atoms with E-state index in [2.05, 4.69) is 44.7 Å². The molecule has 2 rings (SSSR count). The van der Waals surface area contributed by atoms with Gasteiger partial charge in [-0.25, -0.2) is 0 Å². The predicted octanol–water partition coefficient (Wildman–Crippen LogP) is 3.93. The van der Waals surface area contributed by atoms with Crippen molar-refractivity contribution in [2.24, 2.45) is 5.41 Å². The third-order valence-corrected chi connectivity index (χ3v) is 5.71. The van der Waals surface area contributed by atoms with Gasteiger partial charge in [-0.05, 0) is 78.0 Å². The molecule has 116 valence electrons. The second kappa shape index (κ2) is 6.62. The predicted molar refractivity (Wildman–Crippen MR) is 88.1 cm³/mol. The Bertz CT molecular complexity index is 348. The number of nitrogens with zero attached hydrogens (tertiary/aromatic N) is 2. The van der Waals surface area contributed by atoms with Crippen LogP contribution in [-0.4, -0.2) is 49.6 Å². The van der Waals surface area contributed by atoms with Crippen molar-refractivity contribution in [2.75, 3.05) is 33.7 Å². The topological polar surface area (TPSA) is 6.48 Å². The molecular weight excluding hydrogens is 244 g/mol. The van der Waals surface area contributed by atoms with Crippen molar-refractivity contribution < 1.29 is 0 Å². The highest BCUT2D eigenvalue weighted by atomic mass is 15.2. The smallest absolute Gasteiger partial charge is 0.0117 e. The van der Waals surface area contributed by atoms with Gasteiger partial charge >= 0.3 is 0 Å². The quantitative estimate of drug-likeness (QED) is 0.719. The van der Waals surface area contributed by atoms with Crippen molar-refractivity contribution in [2.45, 2.75) is 65.3 Å². The third-order valence-electron chi connectivity index (χ3n) is 5.71. The first-order chi connectivity index (χ1) is 9.40. The van der Waals surface area contributed by atoms with Crippen molar-refractivity contribution in [1.82, 2.24) is 9.80 Å². The molecule has 1 saturated heterocycles. The van der Waals surface area contributed by atoms with Crippen LogP contribution in [0.1, 0.15) is 59.3 Å². The Morgan fingerprint density at radius 2 is 1.90 bits per heavy atom. The fourth-order valence-corrected chi connectivity index (χ4v) is 4.13. The molecule has 2 aliphatic rings. The van der Waals surface area contributed by atoms with Crippen molar-refractivity contribution >= 4 is 0 Å². The second-order valence-electron chi connectivity index (χ2n) is 7.76. The molecule has 1 aliphatic heterocycles. The van der Waals surface area contributed by atoms with Crippen molar-refractivity contribution in [3.05, 3.63) is 11.1 Å². The van der Waals surface area contributed by atoms with Gasteiger partial charge in [-0.2, -0.15) is 0 Å². The Hall–Kier alpha value is -0.340. The van der Waals surface area contributed by atoms with E-state index < -0.39 is 0 Å². The van der Waals surface area contributed by atoms with E-state index >= 15 is 0 Å². The van der Waals surface area contributed by atoms with E-state index in [1.807, 2.05) is 0 Å². The van der Waals surface area contributed by atoms with Crippen LogP contribution >= 0.6 is 0 Å². The van der Waals surface area contributed by atoms with Crippen LogP contribution in [0.2, 0.25) is 0 Å². The Labute approximate surface area is 126 Å². The van der Waals surface area contributed by atoms with Crippen LogP contribution in [0.3, 0.4) is 0 Å². The van der Waals surface area contributed by atoms with Crippen molar-refractivity contribution in [3.63, 3.8) is 0 Å². The van der Waals surface area contributed by atoms with E-state index in [0.29, 0.717) is 5.41 Å². The highest BCUT2D eigenvalue weighted by molar-refractivity contribution is 5.22. The zero-order valence-corrected chi connectivity index (χ0v) is 14.3. The summed E-state index contributed by atoms with van der Waals surface area (Å²) in [5.41, 5.74) is 3.87. The summed E-state index contributed by atoms with van der Waals surface area (Å²) in [6, 6.07) is 0.804. The number of piperidine rings is 1. The van der Waals surface area contributed by atoms with Crippen LogP contribution in [0.4, 0.5) is 0 Å². The van der Waals surface area contributed by atoms with Gasteiger partial charge in [0.25, 0.3) is 0 Å². The van der Waals surface area contributed by atoms with Crippen LogP contribution in [0.5, 0.6) is 0 Å². The van der Waals surface area contributed by atoms with Gasteiger partial charge in [0.2, 0.25) is 0 Å². The van der Waals surface area contributed by atoms with Gasteiger partial charge in [-0.15, -0.1) is 0 Å². The minimum Gasteiger partial charge on any atom is -0.306 e. The Kier molecular flexibility index (Phi) is 5.30. The van der Waals surface area contributed by atoms with Crippen LogP contribution in [0.15, 0.2) is 11.1 Å². The van der Waals surface area contributed by atoms with Gasteiger partial charge in [0.1, 0.15) is 0 Å². The molecule has 0 aromatic carbocycles. The molecule has 0 saturated carbocycles. The lowest BCUT2D eigenvalue weighted by Gasteiger charge is -2.38. The molecule has 1 heterocycles. The van der Waals surface area contributed by atoms with E-state index in [9.17, 15) is 0 Å². The van der Waals surface area contributed by atoms with E-state index in [0.717, 1.165) is 6.04 Å². The Balaban J connectivity index is 1.88. The molecule has 0 N–H and O–H groups in total. The molecule has 0 radical (unpaired) electrons. The van der Waals surface area contributed by atoms with Gasteiger partial charge in [0.15, 0.2) is 0 Å². The number of allylic oxidation sites excluding steroid dienone is 1. The summed E-state index contributed by atoms with van der Waals surface area (Å²) in [6.45, 7) is 11.0. The zero-order valence-electron chi connectivity index (χ0n) is 14.3. The number of hydrogen-bond donors (Lipinski definition) is 0. The first-order valence-electron chi connectivity index (χ1n) is 8.48. The Morgan fingerprint density at radius 1 is 1.25 bits per heavy atom. The summed E-state index contributed by atoms with van der Waals surface area (Å²) in [4.78, 5) is 5.08. The summed E-state index contributed by atoms with van der Waals surface area (Å²) in [5.74, 6) is 0. The zero-order chi connectivity index (χ0) is 14.8. The monoisotopic (exact) mass is 278 g/mol. The number of hydrogen-bond acceptors (Lipinski definition) is 2. The molecule has 0 aromatic heterocycles. The fraction of sp³-hybridized carbons (Fsp3) is 0.889. The van der Waals surface area contributed by atoms with E-state index in [1.165, 1.54) is 58.2 Å². The standard InChI is InChI=1S/C18H34N2/c1-15-7-6-11-18(2,3)17(15)10-14-20(5)16-8-12-19(4)13-9-16/h16H,6-14H2,1-5H3. The molecule has 2 heteroatoms. The SMILES string of the molecule is CC1=C(CCN(C)C2CCN(C)CC2)C(C)(C)CCC1. The van der Waals surface area contributed by atoms with Gasteiger partial charge in [0, 0.05) is 12.6 Å². The molecule has 0 spiro atoms. The van der Waals surface area contributed by atoms with Crippen molar-refractivity contribution in [3.8, 4) is 0 Å². The summed E-state index contributed by atoms with van der Waals surface area (Å²) in [6.07, 6.45) is 8.05. The van der Waals surface area contributed by atoms with E-state index in [-0.39, 0.29) is 0 Å². The van der Waals surface area contributed by atoms with Crippen molar-refractivity contribution in [1.29, 1.82) is 0 Å². The molecule has 0 atom stereocenters. The fourth-order valence-electron chi connectivity index (χ4n) is 4.13. The lowest BCUT2D eigenvalue weighted by atomic mass is 9.71. The third kappa shape index (κ3) is 3.85. The largest absolute Gasteiger partial charge is 0.306 e. The molecule has 0 amide bonds. The lowest BCUT2D eigenvalue weighted by molar-refractivity contribution is 0.143. The average molecular weight is 278 g/mol. The second-order valence-corrected chi connectivity index (χ2v) is 7.76. The molecule has 1 aliphatic carbocycles. The maximum atomic E-state index is 2.62. The van der Waals surface area contributed by atoms with Gasteiger partial charge in [-0.1, -0.05) is 25.0 Å². The molecule has 0 unspecified atom stereocenters. The van der Waals surface area contributed by atoms with Crippen LogP contribution < -0.4 is 0 Å². The van der Waals surface area contributed by atoms with Gasteiger partial charge in [-0.3, -0.25) is 0 Å². The van der Waals surface area contributed by atoms with E-state index in [4.69, 9.17) is 0 Å². The number of rotatable bonds is 4. The van der Waals surface area contributed by atoms with Crippen LogP contribution in [0.25, 0.3) is 0 Å². The van der Waals surface area contributed by atoms with Gasteiger partial charge < -0.3 is 9.80 Å². The number of likely N-dealkylation sites (tertiary alicyclic amines) is 1. The first-order valence-corrected chi connectivity index (χ1v) is 8.48. The minimum atomic E-state index is 0.440. The summed E-state index contributed by atoms with van der Waals surface area (Å²) < 4.78 is 0. The molecule has 0 bridgehead atoms. The Morgan fingerprint density at radius 3 is 2.50 bits per heavy atom. The maximum absolute atomic E-state index is 2.62. The lowest BCUT2D eigenvalue weighted by Crippen LogP contribution is -2.42. The minimum absolute atomic E-state index is 0.440. The van der Waals surface area contributed by atoms with Crippen LogP contribution in [-0.2, 0) is 0 Å². The van der Waals surface area contributed by atoms with Gasteiger partial charge in [0.05, 0.1) is 0 Å². The highest BCUT2D eigenvalue weighted by Gasteiger charge is 2.29. The molecule has 0 aromatic rings. The highest BCUT2D eigenvalue weighted by Crippen LogP contribution is 2.41. The average Bonchev–Trinajstić information content (AvgIpc) is 2.38.